The molecule has 2 aromatic rings. The minimum absolute atomic E-state index is 0.235. The summed E-state index contributed by atoms with van der Waals surface area (Å²) in [5.41, 5.74) is 6.57. The van der Waals surface area contributed by atoms with Gasteiger partial charge in [-0.2, -0.15) is 0 Å². The molecule has 2 aromatic carbocycles. The van der Waals surface area contributed by atoms with Gasteiger partial charge in [0, 0.05) is 6.54 Å². The van der Waals surface area contributed by atoms with Gasteiger partial charge < -0.3 is 14.8 Å². The smallest absolute Gasteiger partial charge is 0.122 e. The van der Waals surface area contributed by atoms with Crippen molar-refractivity contribution in [2.45, 2.75) is 33.2 Å². The molecule has 0 saturated heterocycles. The second kappa shape index (κ2) is 6.63. The van der Waals surface area contributed by atoms with E-state index in [0.717, 1.165) is 24.5 Å². The van der Waals surface area contributed by atoms with Gasteiger partial charge in [0.15, 0.2) is 0 Å². The summed E-state index contributed by atoms with van der Waals surface area (Å²) in [6.07, 6.45) is 1.04. The molecule has 122 valence electrons. The maximum Gasteiger partial charge on any atom is 0.122 e. The fraction of sp³-hybridized carbons (Fsp3) is 0.400. The molecular weight excluding hydrogens is 286 g/mol. The highest BCUT2D eigenvalue weighted by Gasteiger charge is 2.24. The number of ether oxygens (including phenoxy) is 2. The third kappa shape index (κ3) is 2.93. The van der Waals surface area contributed by atoms with E-state index in [4.69, 9.17) is 9.47 Å². The minimum Gasteiger partial charge on any atom is -0.496 e. The normalized spacial score (nSPS) is 16.8. The van der Waals surface area contributed by atoms with Gasteiger partial charge in [0.2, 0.25) is 0 Å². The molecule has 0 aliphatic carbocycles. The van der Waals surface area contributed by atoms with Crippen LogP contribution in [0.4, 0.5) is 0 Å². The van der Waals surface area contributed by atoms with Crippen molar-refractivity contribution in [3.63, 3.8) is 0 Å². The standard InChI is InChI=1S/C20H25NO2/c1-5-23-16-6-7-18-15(12-16)10-11-21-20(18)17-8-9-19(22-4)14(3)13(17)2/h6-9,12,20-21H,5,10-11H2,1-4H3. The highest BCUT2D eigenvalue weighted by atomic mass is 16.5. The molecule has 0 radical (unpaired) electrons. The van der Waals surface area contributed by atoms with E-state index in [9.17, 15) is 0 Å². The number of hydrogen-bond donors (Lipinski definition) is 1. The van der Waals surface area contributed by atoms with Crippen molar-refractivity contribution in [3.8, 4) is 11.5 Å². The molecule has 0 saturated carbocycles. The van der Waals surface area contributed by atoms with Crippen molar-refractivity contribution in [1.82, 2.24) is 5.32 Å². The predicted octanol–water partition coefficient (Wildman–Crippen LogP) is 3.95. The number of fused-ring (bicyclic) bond motifs is 1. The summed E-state index contributed by atoms with van der Waals surface area (Å²) in [6, 6.07) is 11.0. The third-order valence-electron chi connectivity index (χ3n) is 4.79. The lowest BCUT2D eigenvalue weighted by Gasteiger charge is -2.29. The van der Waals surface area contributed by atoms with Crippen molar-refractivity contribution in [3.05, 3.63) is 58.1 Å². The molecule has 0 aromatic heterocycles. The first-order chi connectivity index (χ1) is 11.2. The van der Waals surface area contributed by atoms with Gasteiger partial charge in [-0.05, 0) is 73.2 Å². The Hall–Kier alpha value is -2.00. The van der Waals surface area contributed by atoms with E-state index in [1.807, 2.05) is 6.92 Å². The van der Waals surface area contributed by atoms with Gasteiger partial charge in [0.05, 0.1) is 19.8 Å². The monoisotopic (exact) mass is 311 g/mol. The zero-order valence-corrected chi connectivity index (χ0v) is 14.4. The predicted molar refractivity (Wildman–Crippen MR) is 93.6 cm³/mol. The fourth-order valence-electron chi connectivity index (χ4n) is 3.43. The Morgan fingerprint density at radius 3 is 2.61 bits per heavy atom. The van der Waals surface area contributed by atoms with E-state index in [-0.39, 0.29) is 6.04 Å². The maximum absolute atomic E-state index is 5.65. The third-order valence-corrected chi connectivity index (χ3v) is 4.79. The molecule has 3 rings (SSSR count). The molecule has 0 bridgehead atoms. The van der Waals surface area contributed by atoms with E-state index in [0.29, 0.717) is 6.61 Å². The zero-order chi connectivity index (χ0) is 16.4. The van der Waals surface area contributed by atoms with Gasteiger partial charge in [-0.3, -0.25) is 0 Å². The second-order valence-electron chi connectivity index (χ2n) is 6.04. The summed E-state index contributed by atoms with van der Waals surface area (Å²) in [5.74, 6) is 1.92. The van der Waals surface area contributed by atoms with Crippen LogP contribution in [0.2, 0.25) is 0 Å². The second-order valence-corrected chi connectivity index (χ2v) is 6.04. The molecule has 1 aliphatic rings. The molecule has 1 unspecified atom stereocenters. The molecule has 1 N–H and O–H groups in total. The zero-order valence-electron chi connectivity index (χ0n) is 14.4. The number of benzene rings is 2. The summed E-state index contributed by atoms with van der Waals surface area (Å²) < 4.78 is 11.1. The van der Waals surface area contributed by atoms with Gasteiger partial charge in [0.1, 0.15) is 11.5 Å². The number of nitrogens with one attached hydrogen (secondary N) is 1. The highest BCUT2D eigenvalue weighted by Crippen LogP contribution is 2.35. The molecule has 0 fully saturated rings. The summed E-state index contributed by atoms with van der Waals surface area (Å²) >= 11 is 0. The van der Waals surface area contributed by atoms with E-state index < -0.39 is 0 Å². The number of rotatable bonds is 4. The van der Waals surface area contributed by atoms with Crippen molar-refractivity contribution >= 4 is 0 Å². The van der Waals surface area contributed by atoms with Crippen LogP contribution in [0.3, 0.4) is 0 Å². The van der Waals surface area contributed by atoms with Crippen LogP contribution in [-0.4, -0.2) is 20.3 Å². The van der Waals surface area contributed by atoms with Crippen molar-refractivity contribution in [2.75, 3.05) is 20.3 Å². The molecule has 1 atom stereocenters. The van der Waals surface area contributed by atoms with Crippen molar-refractivity contribution < 1.29 is 9.47 Å². The van der Waals surface area contributed by atoms with Gasteiger partial charge in [-0.15, -0.1) is 0 Å². The van der Waals surface area contributed by atoms with Crippen molar-refractivity contribution in [1.29, 1.82) is 0 Å². The molecule has 3 heteroatoms. The van der Waals surface area contributed by atoms with Crippen LogP contribution < -0.4 is 14.8 Å². The van der Waals surface area contributed by atoms with Gasteiger partial charge in [-0.1, -0.05) is 12.1 Å². The Labute approximate surface area is 138 Å². The summed E-state index contributed by atoms with van der Waals surface area (Å²) in [5, 5.41) is 3.67. The molecule has 3 nitrogen and oxygen atoms in total. The average Bonchev–Trinajstić information content (AvgIpc) is 2.57. The Bertz CT molecular complexity index is 709. The first kappa shape index (κ1) is 15.9. The van der Waals surface area contributed by atoms with E-state index in [2.05, 4.69) is 49.5 Å². The summed E-state index contributed by atoms with van der Waals surface area (Å²) in [6.45, 7) is 8.01. The van der Waals surface area contributed by atoms with Gasteiger partial charge in [-0.25, -0.2) is 0 Å². The topological polar surface area (TPSA) is 30.5 Å². The van der Waals surface area contributed by atoms with Crippen LogP contribution in [0, 0.1) is 13.8 Å². The average molecular weight is 311 g/mol. The Kier molecular flexibility index (Phi) is 4.58. The first-order valence-electron chi connectivity index (χ1n) is 8.28. The maximum atomic E-state index is 5.65. The Morgan fingerprint density at radius 2 is 1.87 bits per heavy atom. The molecule has 1 aliphatic heterocycles. The van der Waals surface area contributed by atoms with Crippen LogP contribution in [0.25, 0.3) is 0 Å². The molecule has 0 spiro atoms. The van der Waals surface area contributed by atoms with Gasteiger partial charge in [0.25, 0.3) is 0 Å². The Morgan fingerprint density at radius 1 is 1.09 bits per heavy atom. The van der Waals surface area contributed by atoms with Gasteiger partial charge >= 0.3 is 0 Å². The Balaban J connectivity index is 2.02. The van der Waals surface area contributed by atoms with Crippen molar-refractivity contribution in [2.24, 2.45) is 0 Å². The first-order valence-corrected chi connectivity index (χ1v) is 8.28. The van der Waals surface area contributed by atoms with Crippen LogP contribution in [0.5, 0.6) is 11.5 Å². The van der Waals surface area contributed by atoms with E-state index >= 15 is 0 Å². The van der Waals surface area contributed by atoms with Crippen LogP contribution in [-0.2, 0) is 6.42 Å². The fourth-order valence-corrected chi connectivity index (χ4v) is 3.43. The molecule has 23 heavy (non-hydrogen) atoms. The van der Waals surface area contributed by atoms with Crippen LogP contribution in [0.15, 0.2) is 30.3 Å². The SMILES string of the molecule is CCOc1ccc2c(c1)CCNC2c1ccc(OC)c(C)c1C. The lowest BCUT2D eigenvalue weighted by atomic mass is 9.86. The minimum atomic E-state index is 0.235. The molecular formula is C20H25NO2. The summed E-state index contributed by atoms with van der Waals surface area (Å²) in [7, 11) is 1.73. The van der Waals surface area contributed by atoms with Crippen LogP contribution in [0.1, 0.15) is 40.8 Å². The lowest BCUT2D eigenvalue weighted by molar-refractivity contribution is 0.339. The number of methoxy groups -OCH3 is 1. The largest absolute Gasteiger partial charge is 0.496 e. The highest BCUT2D eigenvalue weighted by molar-refractivity contribution is 5.50. The van der Waals surface area contributed by atoms with E-state index in [1.165, 1.54) is 27.8 Å². The summed E-state index contributed by atoms with van der Waals surface area (Å²) in [4.78, 5) is 0. The molecule has 0 amide bonds. The quantitative estimate of drug-likeness (QED) is 0.927. The molecule has 1 heterocycles. The van der Waals surface area contributed by atoms with E-state index in [1.54, 1.807) is 7.11 Å². The van der Waals surface area contributed by atoms with Crippen LogP contribution >= 0.6 is 0 Å². The lowest BCUT2D eigenvalue weighted by Crippen LogP contribution is -2.31. The number of hydrogen-bond acceptors (Lipinski definition) is 3.